The second-order valence-electron chi connectivity index (χ2n) is 10.4. The minimum Gasteiger partial charge on any atom is -0.394 e. The summed E-state index contributed by atoms with van der Waals surface area (Å²) in [6.45, 7) is 0.937. The predicted molar refractivity (Wildman–Crippen MR) is 149 cm³/mol. The third-order valence-corrected chi connectivity index (χ3v) is 7.51. The third-order valence-electron chi connectivity index (χ3n) is 7.51. The van der Waals surface area contributed by atoms with Crippen molar-refractivity contribution in [2.75, 3.05) is 6.61 Å². The molecule has 0 spiro atoms. The highest BCUT2D eigenvalue weighted by Crippen LogP contribution is 2.33. The zero-order valence-corrected chi connectivity index (χ0v) is 22.5. The van der Waals surface area contributed by atoms with E-state index in [9.17, 15) is 5.11 Å². The molecule has 5 atom stereocenters. The van der Waals surface area contributed by atoms with E-state index in [0.29, 0.717) is 19.8 Å². The molecule has 0 bridgehead atoms. The summed E-state index contributed by atoms with van der Waals surface area (Å²) >= 11 is 0. The summed E-state index contributed by atoms with van der Waals surface area (Å²) in [5, 5.41) is 10.4. The van der Waals surface area contributed by atoms with Gasteiger partial charge < -0.3 is 28.8 Å². The standard InChI is InChI=1S/C33H40O6/c34-21-29-30(35-22-25-13-5-1-6-14-25)31(36-23-26-15-7-2-8-16-26)32(37-24-27-17-9-3-10-18-27)33(39-29)38-28-19-11-4-12-20-28/h1-3,5-10,13-18,28-34H,4,11-12,19-24H2/t29-,30-,31+,32-,33+/m1/s1. The Bertz CT molecular complexity index is 1070. The van der Waals surface area contributed by atoms with Crippen molar-refractivity contribution in [1.29, 1.82) is 0 Å². The van der Waals surface area contributed by atoms with Crippen LogP contribution >= 0.6 is 0 Å². The predicted octanol–water partition coefficient (Wildman–Crippen LogP) is 5.81. The van der Waals surface area contributed by atoms with Gasteiger partial charge in [0.2, 0.25) is 0 Å². The van der Waals surface area contributed by atoms with Crippen LogP contribution in [0.4, 0.5) is 0 Å². The van der Waals surface area contributed by atoms with Crippen LogP contribution in [0.15, 0.2) is 91.0 Å². The lowest BCUT2D eigenvalue weighted by Crippen LogP contribution is -2.62. The Labute approximate surface area is 231 Å². The van der Waals surface area contributed by atoms with Crippen LogP contribution in [0.25, 0.3) is 0 Å². The van der Waals surface area contributed by atoms with Crippen molar-refractivity contribution in [2.24, 2.45) is 0 Å². The Hall–Kier alpha value is -2.58. The lowest BCUT2D eigenvalue weighted by molar-refractivity contribution is -0.336. The molecule has 1 aliphatic heterocycles. The van der Waals surface area contributed by atoms with Gasteiger partial charge in [-0.15, -0.1) is 0 Å². The quantitative estimate of drug-likeness (QED) is 0.318. The number of hydrogen-bond donors (Lipinski definition) is 1. The van der Waals surface area contributed by atoms with E-state index in [4.69, 9.17) is 23.7 Å². The van der Waals surface area contributed by atoms with Gasteiger partial charge in [-0.2, -0.15) is 0 Å². The summed E-state index contributed by atoms with van der Waals surface area (Å²) in [5.74, 6) is 0. The maximum absolute atomic E-state index is 10.4. The minimum absolute atomic E-state index is 0.0995. The van der Waals surface area contributed by atoms with Gasteiger partial charge in [-0.1, -0.05) is 110 Å². The number of hydrogen-bond acceptors (Lipinski definition) is 6. The number of aliphatic hydroxyl groups is 1. The Morgan fingerprint density at radius 3 is 1.54 bits per heavy atom. The summed E-state index contributed by atoms with van der Waals surface area (Å²) < 4.78 is 32.6. The van der Waals surface area contributed by atoms with Gasteiger partial charge in [0.25, 0.3) is 0 Å². The SMILES string of the molecule is OC[C@H]1O[C@H](OC2CCCCC2)[C@H](OCc2ccccc2)[C@@H](OCc2ccccc2)[C@@H]1OCc1ccccc1. The van der Waals surface area contributed by atoms with E-state index in [1.54, 1.807) is 0 Å². The molecule has 1 heterocycles. The van der Waals surface area contributed by atoms with Crippen LogP contribution in [-0.4, -0.2) is 48.5 Å². The maximum Gasteiger partial charge on any atom is 0.187 e. The zero-order chi connectivity index (χ0) is 26.7. The summed E-state index contributed by atoms with van der Waals surface area (Å²) in [6, 6.07) is 30.2. The van der Waals surface area contributed by atoms with Gasteiger partial charge in [-0.25, -0.2) is 0 Å². The molecule has 2 fully saturated rings. The lowest BCUT2D eigenvalue weighted by Gasteiger charge is -2.46. The molecule has 5 rings (SSSR count). The number of ether oxygens (including phenoxy) is 5. The summed E-state index contributed by atoms with van der Waals surface area (Å²) in [7, 11) is 0. The lowest BCUT2D eigenvalue weighted by atomic mass is 9.96. The van der Waals surface area contributed by atoms with Gasteiger partial charge in [0.05, 0.1) is 32.5 Å². The third kappa shape index (κ3) is 7.98. The molecule has 1 N–H and O–H groups in total. The van der Waals surface area contributed by atoms with E-state index < -0.39 is 30.7 Å². The van der Waals surface area contributed by atoms with E-state index in [0.717, 1.165) is 42.4 Å². The van der Waals surface area contributed by atoms with Crippen LogP contribution in [0.1, 0.15) is 48.8 Å². The van der Waals surface area contributed by atoms with Gasteiger partial charge in [0.1, 0.15) is 24.4 Å². The van der Waals surface area contributed by atoms with E-state index >= 15 is 0 Å². The second kappa shape index (κ2) is 14.7. The topological polar surface area (TPSA) is 66.4 Å². The van der Waals surface area contributed by atoms with Crippen LogP contribution < -0.4 is 0 Å². The van der Waals surface area contributed by atoms with E-state index in [1.165, 1.54) is 6.42 Å². The highest BCUT2D eigenvalue weighted by Gasteiger charge is 2.49. The van der Waals surface area contributed by atoms with Gasteiger partial charge in [0.15, 0.2) is 6.29 Å². The molecular formula is C33H40O6. The van der Waals surface area contributed by atoms with Crippen LogP contribution in [-0.2, 0) is 43.5 Å². The van der Waals surface area contributed by atoms with E-state index in [-0.39, 0.29) is 12.7 Å². The first-order valence-electron chi connectivity index (χ1n) is 14.2. The molecule has 1 aliphatic carbocycles. The summed E-state index contributed by atoms with van der Waals surface area (Å²) in [4.78, 5) is 0. The van der Waals surface area contributed by atoms with Gasteiger partial charge >= 0.3 is 0 Å². The fraction of sp³-hybridized carbons (Fsp3) is 0.455. The maximum atomic E-state index is 10.4. The molecule has 1 saturated carbocycles. The van der Waals surface area contributed by atoms with Crippen molar-refractivity contribution in [2.45, 2.75) is 88.7 Å². The minimum atomic E-state index is -0.675. The van der Waals surface area contributed by atoms with Crippen LogP contribution in [0.2, 0.25) is 0 Å². The fourth-order valence-electron chi connectivity index (χ4n) is 5.39. The van der Waals surface area contributed by atoms with Gasteiger partial charge in [-0.3, -0.25) is 0 Å². The Morgan fingerprint density at radius 2 is 1.05 bits per heavy atom. The second-order valence-corrected chi connectivity index (χ2v) is 10.4. The van der Waals surface area contributed by atoms with E-state index in [1.807, 2.05) is 91.0 Å². The first kappa shape index (κ1) is 28.0. The highest BCUT2D eigenvalue weighted by molar-refractivity contribution is 5.15. The van der Waals surface area contributed by atoms with Crippen LogP contribution in [0.3, 0.4) is 0 Å². The molecule has 0 amide bonds. The molecule has 0 radical (unpaired) electrons. The van der Waals surface area contributed by atoms with Gasteiger partial charge in [0, 0.05) is 0 Å². The highest BCUT2D eigenvalue weighted by atomic mass is 16.7. The number of rotatable bonds is 12. The zero-order valence-electron chi connectivity index (χ0n) is 22.5. The molecule has 6 nitrogen and oxygen atoms in total. The van der Waals surface area contributed by atoms with Crippen molar-refractivity contribution < 1.29 is 28.8 Å². The molecule has 3 aromatic carbocycles. The molecule has 0 aromatic heterocycles. The Kier molecular flexibility index (Phi) is 10.5. The smallest absolute Gasteiger partial charge is 0.187 e. The first-order valence-corrected chi connectivity index (χ1v) is 14.2. The summed E-state index contributed by atoms with van der Waals surface area (Å²) in [5.41, 5.74) is 3.15. The molecule has 39 heavy (non-hydrogen) atoms. The molecule has 0 unspecified atom stereocenters. The molecular weight excluding hydrogens is 492 g/mol. The normalized spacial score (nSPS) is 25.9. The molecule has 6 heteroatoms. The number of aliphatic hydroxyl groups excluding tert-OH is 1. The van der Waals surface area contributed by atoms with Crippen LogP contribution in [0, 0.1) is 0 Å². The molecule has 3 aromatic rings. The monoisotopic (exact) mass is 532 g/mol. The number of benzene rings is 3. The summed E-state index contributed by atoms with van der Waals surface area (Å²) in [6.07, 6.45) is 2.73. The van der Waals surface area contributed by atoms with Gasteiger partial charge in [-0.05, 0) is 29.5 Å². The van der Waals surface area contributed by atoms with Crippen molar-refractivity contribution in [3.05, 3.63) is 108 Å². The Morgan fingerprint density at radius 1 is 0.590 bits per heavy atom. The fourth-order valence-corrected chi connectivity index (χ4v) is 5.39. The van der Waals surface area contributed by atoms with Crippen LogP contribution in [0.5, 0.6) is 0 Å². The van der Waals surface area contributed by atoms with Crippen molar-refractivity contribution in [1.82, 2.24) is 0 Å². The average Bonchev–Trinajstić information content (AvgIpc) is 3.00. The average molecular weight is 533 g/mol. The molecule has 208 valence electrons. The molecule has 2 aliphatic rings. The Balaban J connectivity index is 1.41. The van der Waals surface area contributed by atoms with Crippen molar-refractivity contribution >= 4 is 0 Å². The van der Waals surface area contributed by atoms with Crippen molar-refractivity contribution in [3.63, 3.8) is 0 Å². The largest absolute Gasteiger partial charge is 0.394 e. The molecule has 1 saturated heterocycles. The first-order chi connectivity index (χ1) is 19.3. The van der Waals surface area contributed by atoms with E-state index in [2.05, 4.69) is 0 Å². The van der Waals surface area contributed by atoms with Crippen molar-refractivity contribution in [3.8, 4) is 0 Å².